The lowest BCUT2D eigenvalue weighted by atomic mass is 10.2. The van der Waals surface area contributed by atoms with E-state index in [-0.39, 0.29) is 5.91 Å². The molecule has 1 aromatic carbocycles. The molecule has 1 aliphatic rings. The van der Waals surface area contributed by atoms with Crippen molar-refractivity contribution in [2.24, 2.45) is 0 Å². The number of nitrogens with one attached hydrogen (secondary N) is 1. The van der Waals surface area contributed by atoms with Crippen molar-refractivity contribution in [2.75, 3.05) is 39.4 Å². The van der Waals surface area contributed by atoms with E-state index in [1.807, 2.05) is 6.92 Å². The summed E-state index contributed by atoms with van der Waals surface area (Å²) in [5, 5.41) is 4.00. The van der Waals surface area contributed by atoms with Crippen LogP contribution < -0.4 is 5.32 Å². The summed E-state index contributed by atoms with van der Waals surface area (Å²) in [6.07, 6.45) is 0.401. The maximum absolute atomic E-state index is 12.2. The summed E-state index contributed by atoms with van der Waals surface area (Å²) in [4.78, 5) is 20.2. The Labute approximate surface area is 153 Å². The minimum atomic E-state index is 0.0652. The number of carbonyl (C=O) groups excluding carboxylic acids is 1. The molecular formula is C19H25N3O2S. The molecule has 0 bridgehead atoms. The molecule has 0 radical (unpaired) electrons. The van der Waals surface area contributed by atoms with Crippen molar-refractivity contribution in [1.29, 1.82) is 0 Å². The molecule has 1 aliphatic heterocycles. The van der Waals surface area contributed by atoms with Crippen LogP contribution in [0.2, 0.25) is 0 Å². The van der Waals surface area contributed by atoms with Gasteiger partial charge in [0.15, 0.2) is 0 Å². The fourth-order valence-corrected chi connectivity index (χ4v) is 3.86. The average molecular weight is 359 g/mol. The third-order valence-corrected chi connectivity index (χ3v) is 5.57. The minimum Gasteiger partial charge on any atom is -0.379 e. The lowest BCUT2D eigenvalue weighted by Gasteiger charge is -2.26. The molecule has 1 amide bonds. The van der Waals surface area contributed by atoms with E-state index in [0.717, 1.165) is 54.0 Å². The van der Waals surface area contributed by atoms with Crippen LogP contribution in [0.3, 0.4) is 0 Å². The second kappa shape index (κ2) is 8.56. The van der Waals surface area contributed by atoms with Gasteiger partial charge in [-0.2, -0.15) is 0 Å². The fourth-order valence-electron chi connectivity index (χ4n) is 2.80. The molecule has 1 saturated heterocycles. The van der Waals surface area contributed by atoms with Gasteiger partial charge in [0.25, 0.3) is 0 Å². The topological polar surface area (TPSA) is 54.5 Å². The number of nitrogens with zero attached hydrogens (tertiary/aromatic N) is 2. The summed E-state index contributed by atoms with van der Waals surface area (Å²) in [6, 6.07) is 8.34. The molecule has 0 saturated carbocycles. The van der Waals surface area contributed by atoms with Crippen LogP contribution in [-0.2, 0) is 16.0 Å². The van der Waals surface area contributed by atoms with Crippen LogP contribution in [0, 0.1) is 13.8 Å². The number of thiazole rings is 1. The van der Waals surface area contributed by atoms with Gasteiger partial charge in [0, 0.05) is 36.6 Å². The Balaban J connectivity index is 1.51. The Morgan fingerprint density at radius 1 is 1.24 bits per heavy atom. The van der Waals surface area contributed by atoms with E-state index in [1.54, 1.807) is 11.3 Å². The zero-order valence-corrected chi connectivity index (χ0v) is 15.7. The van der Waals surface area contributed by atoms with E-state index in [0.29, 0.717) is 13.0 Å². The summed E-state index contributed by atoms with van der Waals surface area (Å²) in [5.41, 5.74) is 3.29. The molecule has 3 rings (SSSR count). The molecule has 0 atom stereocenters. The Morgan fingerprint density at radius 2 is 1.96 bits per heavy atom. The first-order valence-corrected chi connectivity index (χ1v) is 9.53. The van der Waals surface area contributed by atoms with Crippen molar-refractivity contribution >= 4 is 17.2 Å². The van der Waals surface area contributed by atoms with E-state index < -0.39 is 0 Å². The summed E-state index contributed by atoms with van der Waals surface area (Å²) in [7, 11) is 0. The number of aromatic nitrogens is 1. The quantitative estimate of drug-likeness (QED) is 0.861. The average Bonchev–Trinajstić information content (AvgIpc) is 2.97. The van der Waals surface area contributed by atoms with Crippen LogP contribution in [0.1, 0.15) is 16.1 Å². The van der Waals surface area contributed by atoms with Crippen LogP contribution in [0.4, 0.5) is 0 Å². The summed E-state index contributed by atoms with van der Waals surface area (Å²) in [5.74, 6) is 0.0652. The maximum atomic E-state index is 12.2. The lowest BCUT2D eigenvalue weighted by molar-refractivity contribution is -0.120. The van der Waals surface area contributed by atoms with Gasteiger partial charge in [0.05, 0.1) is 25.3 Å². The molecular weight excluding hydrogens is 334 g/mol. The molecule has 2 aromatic rings. The highest BCUT2D eigenvalue weighted by Crippen LogP contribution is 2.28. The molecule has 25 heavy (non-hydrogen) atoms. The van der Waals surface area contributed by atoms with Gasteiger partial charge in [0.2, 0.25) is 5.91 Å². The maximum Gasteiger partial charge on any atom is 0.225 e. The van der Waals surface area contributed by atoms with E-state index in [4.69, 9.17) is 4.74 Å². The van der Waals surface area contributed by atoms with E-state index in [2.05, 4.69) is 46.4 Å². The number of carbonyl (C=O) groups is 1. The van der Waals surface area contributed by atoms with Crippen LogP contribution in [0.25, 0.3) is 10.6 Å². The van der Waals surface area contributed by atoms with Crippen molar-refractivity contribution in [3.63, 3.8) is 0 Å². The molecule has 1 aromatic heterocycles. The molecule has 0 spiro atoms. The van der Waals surface area contributed by atoms with Crippen molar-refractivity contribution in [2.45, 2.75) is 20.3 Å². The Bertz CT molecular complexity index is 706. The first kappa shape index (κ1) is 18.0. The van der Waals surface area contributed by atoms with E-state index >= 15 is 0 Å². The molecule has 1 fully saturated rings. The first-order chi connectivity index (χ1) is 12.1. The third-order valence-electron chi connectivity index (χ3n) is 4.37. The molecule has 2 heterocycles. The van der Waals surface area contributed by atoms with Gasteiger partial charge in [-0.3, -0.25) is 9.69 Å². The lowest BCUT2D eigenvalue weighted by Crippen LogP contribution is -2.41. The number of benzene rings is 1. The number of morpholine rings is 1. The number of ether oxygens (including phenoxy) is 1. The van der Waals surface area contributed by atoms with Gasteiger partial charge in [0.1, 0.15) is 5.01 Å². The number of rotatable bonds is 6. The minimum absolute atomic E-state index is 0.0652. The number of hydrogen-bond donors (Lipinski definition) is 1. The first-order valence-electron chi connectivity index (χ1n) is 8.72. The highest BCUT2D eigenvalue weighted by Gasteiger charge is 2.14. The summed E-state index contributed by atoms with van der Waals surface area (Å²) >= 11 is 1.61. The molecule has 1 N–H and O–H groups in total. The number of amides is 1. The second-order valence-electron chi connectivity index (χ2n) is 6.37. The smallest absolute Gasteiger partial charge is 0.225 e. The van der Waals surface area contributed by atoms with Gasteiger partial charge in [-0.1, -0.05) is 29.8 Å². The van der Waals surface area contributed by atoms with Gasteiger partial charge >= 0.3 is 0 Å². The van der Waals surface area contributed by atoms with Crippen LogP contribution in [0.15, 0.2) is 24.3 Å². The predicted molar refractivity (Wildman–Crippen MR) is 101 cm³/mol. The SMILES string of the molecule is Cc1ccc(-c2nc(C)c(CC(=O)NCCN3CCOCC3)s2)cc1. The molecule has 0 aliphatic carbocycles. The van der Waals surface area contributed by atoms with E-state index in [1.165, 1.54) is 5.56 Å². The van der Waals surface area contributed by atoms with Crippen molar-refractivity contribution in [3.05, 3.63) is 40.4 Å². The standard InChI is InChI=1S/C19H25N3O2S/c1-14-3-5-16(6-4-14)19-21-15(2)17(25-19)13-18(23)20-7-8-22-9-11-24-12-10-22/h3-6H,7-13H2,1-2H3,(H,20,23). The largest absolute Gasteiger partial charge is 0.379 e. The molecule has 0 unspecified atom stereocenters. The molecule has 5 nitrogen and oxygen atoms in total. The predicted octanol–water partition coefficient (Wildman–Crippen LogP) is 2.42. The summed E-state index contributed by atoms with van der Waals surface area (Å²) in [6.45, 7) is 9.08. The molecule has 134 valence electrons. The highest BCUT2D eigenvalue weighted by atomic mass is 32.1. The van der Waals surface area contributed by atoms with E-state index in [9.17, 15) is 4.79 Å². The van der Waals surface area contributed by atoms with Crippen LogP contribution in [0.5, 0.6) is 0 Å². The zero-order valence-electron chi connectivity index (χ0n) is 14.9. The monoisotopic (exact) mass is 359 g/mol. The third kappa shape index (κ3) is 5.11. The van der Waals surface area contributed by atoms with Crippen LogP contribution >= 0.6 is 11.3 Å². The molecule has 6 heteroatoms. The second-order valence-corrected chi connectivity index (χ2v) is 7.46. The van der Waals surface area contributed by atoms with Crippen molar-refractivity contribution in [3.8, 4) is 10.6 Å². The Morgan fingerprint density at radius 3 is 2.68 bits per heavy atom. The number of aryl methyl sites for hydroxylation is 2. The summed E-state index contributed by atoms with van der Waals surface area (Å²) < 4.78 is 5.33. The Hall–Kier alpha value is -1.76. The Kier molecular flexibility index (Phi) is 6.18. The van der Waals surface area contributed by atoms with Gasteiger partial charge in [-0.15, -0.1) is 11.3 Å². The fraction of sp³-hybridized carbons (Fsp3) is 0.474. The van der Waals surface area contributed by atoms with Crippen molar-refractivity contribution in [1.82, 2.24) is 15.2 Å². The zero-order chi connectivity index (χ0) is 17.6. The highest BCUT2D eigenvalue weighted by molar-refractivity contribution is 7.15. The van der Waals surface area contributed by atoms with Gasteiger partial charge in [-0.25, -0.2) is 4.98 Å². The number of hydrogen-bond acceptors (Lipinski definition) is 5. The van der Waals surface area contributed by atoms with Crippen molar-refractivity contribution < 1.29 is 9.53 Å². The normalized spacial score (nSPS) is 15.3. The van der Waals surface area contributed by atoms with Gasteiger partial charge in [-0.05, 0) is 13.8 Å². The van der Waals surface area contributed by atoms with Gasteiger partial charge < -0.3 is 10.1 Å². The van der Waals surface area contributed by atoms with Crippen LogP contribution in [-0.4, -0.2) is 55.2 Å².